The minimum absolute atomic E-state index is 0.0938. The number of aryl methyl sites for hydroxylation is 1. The van der Waals surface area contributed by atoms with Gasteiger partial charge in [0.2, 0.25) is 5.91 Å². The molecule has 0 aromatic carbocycles. The van der Waals surface area contributed by atoms with Gasteiger partial charge >= 0.3 is 0 Å². The Labute approximate surface area is 107 Å². The molecule has 1 amide bonds. The lowest BCUT2D eigenvalue weighted by Gasteiger charge is -2.34. The number of halogens is 1. The number of hydrogen-bond donors (Lipinski definition) is 0. The first-order valence-electron chi connectivity index (χ1n) is 6.11. The molecule has 3 nitrogen and oxygen atoms in total. The van der Waals surface area contributed by atoms with Gasteiger partial charge in [-0.1, -0.05) is 6.92 Å². The van der Waals surface area contributed by atoms with Gasteiger partial charge in [-0.2, -0.15) is 0 Å². The van der Waals surface area contributed by atoms with Gasteiger partial charge in [-0.05, 0) is 24.5 Å². The summed E-state index contributed by atoms with van der Waals surface area (Å²) < 4.78 is 5.21. The first-order valence-corrected chi connectivity index (χ1v) is 6.54. The van der Waals surface area contributed by atoms with Crippen LogP contribution < -0.4 is 0 Å². The molecular formula is C13H18ClNO2. The molecule has 17 heavy (non-hydrogen) atoms. The summed E-state index contributed by atoms with van der Waals surface area (Å²) >= 11 is 6.19. The lowest BCUT2D eigenvalue weighted by Crippen LogP contribution is -2.43. The smallest absolute Gasteiger partial charge is 0.223 e. The van der Waals surface area contributed by atoms with Crippen LogP contribution in [-0.4, -0.2) is 29.3 Å². The van der Waals surface area contributed by atoms with Crippen LogP contribution in [-0.2, 0) is 11.2 Å². The molecule has 0 spiro atoms. The second kappa shape index (κ2) is 5.58. The number of likely N-dealkylation sites (tertiary alicyclic amines) is 1. The summed E-state index contributed by atoms with van der Waals surface area (Å²) in [5, 5.41) is 0.0938. The minimum atomic E-state index is 0.0938. The van der Waals surface area contributed by atoms with Crippen LogP contribution in [0.3, 0.4) is 0 Å². The second-order valence-corrected chi connectivity index (χ2v) is 5.26. The van der Waals surface area contributed by atoms with Gasteiger partial charge in [-0.15, -0.1) is 11.6 Å². The van der Waals surface area contributed by atoms with Crippen LogP contribution in [0.25, 0.3) is 0 Å². The fraction of sp³-hybridized carbons (Fsp3) is 0.615. The van der Waals surface area contributed by atoms with Gasteiger partial charge in [-0.3, -0.25) is 4.79 Å². The maximum absolute atomic E-state index is 12.0. The molecule has 1 aromatic heterocycles. The van der Waals surface area contributed by atoms with Crippen LogP contribution in [0.1, 0.15) is 25.5 Å². The largest absolute Gasteiger partial charge is 0.469 e. The molecule has 0 N–H and O–H groups in total. The van der Waals surface area contributed by atoms with E-state index in [1.54, 1.807) is 6.26 Å². The quantitative estimate of drug-likeness (QED) is 0.778. The average Bonchev–Trinajstić information content (AvgIpc) is 2.82. The monoisotopic (exact) mass is 255 g/mol. The van der Waals surface area contributed by atoms with Crippen molar-refractivity contribution in [1.29, 1.82) is 0 Å². The molecule has 1 aliphatic heterocycles. The molecule has 0 aliphatic carbocycles. The Morgan fingerprint density at radius 1 is 1.65 bits per heavy atom. The third-order valence-corrected chi connectivity index (χ3v) is 3.95. The summed E-state index contributed by atoms with van der Waals surface area (Å²) in [4.78, 5) is 13.8. The normalized spacial score (nSPS) is 24.9. The van der Waals surface area contributed by atoms with Gasteiger partial charge in [0.15, 0.2) is 0 Å². The van der Waals surface area contributed by atoms with Crippen LogP contribution >= 0.6 is 11.6 Å². The lowest BCUT2D eigenvalue weighted by atomic mass is 9.98. The van der Waals surface area contributed by atoms with Crippen molar-refractivity contribution in [3.63, 3.8) is 0 Å². The maximum Gasteiger partial charge on any atom is 0.223 e. The first-order chi connectivity index (χ1) is 8.16. The second-order valence-electron chi connectivity index (χ2n) is 4.70. The number of piperidine rings is 1. The summed E-state index contributed by atoms with van der Waals surface area (Å²) in [6.07, 6.45) is 3.81. The van der Waals surface area contributed by atoms with Crippen LogP contribution in [0.2, 0.25) is 0 Å². The highest BCUT2D eigenvalue weighted by molar-refractivity contribution is 6.21. The molecule has 1 aromatic rings. The number of rotatable bonds is 3. The first kappa shape index (κ1) is 12.5. The maximum atomic E-state index is 12.0. The Kier molecular flexibility index (Phi) is 4.11. The highest BCUT2D eigenvalue weighted by atomic mass is 35.5. The van der Waals surface area contributed by atoms with Crippen LogP contribution in [0, 0.1) is 5.92 Å². The van der Waals surface area contributed by atoms with Crippen molar-refractivity contribution in [2.24, 2.45) is 5.92 Å². The van der Waals surface area contributed by atoms with E-state index in [-0.39, 0.29) is 11.3 Å². The lowest BCUT2D eigenvalue weighted by molar-refractivity contribution is -0.132. The summed E-state index contributed by atoms with van der Waals surface area (Å²) in [7, 11) is 0. The summed E-state index contributed by atoms with van der Waals surface area (Å²) in [5.41, 5.74) is 0. The van der Waals surface area contributed by atoms with Crippen molar-refractivity contribution in [1.82, 2.24) is 4.90 Å². The van der Waals surface area contributed by atoms with Gasteiger partial charge in [0.1, 0.15) is 5.76 Å². The summed E-state index contributed by atoms with van der Waals surface area (Å²) in [6.45, 7) is 3.66. The Morgan fingerprint density at radius 2 is 2.47 bits per heavy atom. The fourth-order valence-electron chi connectivity index (χ4n) is 2.09. The van der Waals surface area contributed by atoms with Crippen molar-refractivity contribution in [2.75, 3.05) is 13.1 Å². The van der Waals surface area contributed by atoms with Crippen LogP contribution in [0.15, 0.2) is 22.8 Å². The van der Waals surface area contributed by atoms with E-state index in [0.717, 1.165) is 18.7 Å². The van der Waals surface area contributed by atoms with E-state index in [1.807, 2.05) is 17.0 Å². The zero-order valence-electron chi connectivity index (χ0n) is 10.1. The number of hydrogen-bond acceptors (Lipinski definition) is 2. The summed E-state index contributed by atoms with van der Waals surface area (Å²) in [5.74, 6) is 1.55. The van der Waals surface area contributed by atoms with Crippen molar-refractivity contribution in [3.8, 4) is 0 Å². The van der Waals surface area contributed by atoms with E-state index < -0.39 is 0 Å². The highest BCUT2D eigenvalue weighted by Crippen LogP contribution is 2.22. The zero-order valence-corrected chi connectivity index (χ0v) is 10.8. The van der Waals surface area contributed by atoms with Crippen molar-refractivity contribution >= 4 is 17.5 Å². The molecule has 0 saturated carbocycles. The number of amides is 1. The Morgan fingerprint density at radius 3 is 3.12 bits per heavy atom. The van der Waals surface area contributed by atoms with Crippen LogP contribution in [0.4, 0.5) is 0 Å². The van der Waals surface area contributed by atoms with E-state index >= 15 is 0 Å². The number of carbonyl (C=O) groups excluding carboxylic acids is 1. The molecule has 4 heteroatoms. The van der Waals surface area contributed by atoms with Gasteiger partial charge in [0.05, 0.1) is 11.6 Å². The van der Waals surface area contributed by atoms with Crippen molar-refractivity contribution in [2.45, 2.75) is 31.6 Å². The molecule has 2 unspecified atom stereocenters. The Bertz CT molecular complexity index is 364. The van der Waals surface area contributed by atoms with Gasteiger partial charge < -0.3 is 9.32 Å². The Hall–Kier alpha value is -0.960. The van der Waals surface area contributed by atoms with E-state index in [4.69, 9.17) is 16.0 Å². The van der Waals surface area contributed by atoms with Crippen LogP contribution in [0.5, 0.6) is 0 Å². The highest BCUT2D eigenvalue weighted by Gasteiger charge is 2.26. The molecule has 0 radical (unpaired) electrons. The van der Waals surface area contributed by atoms with E-state index in [2.05, 4.69) is 6.92 Å². The fourth-order valence-corrected chi connectivity index (χ4v) is 2.38. The van der Waals surface area contributed by atoms with Crippen molar-refractivity contribution in [3.05, 3.63) is 24.2 Å². The number of carbonyl (C=O) groups is 1. The topological polar surface area (TPSA) is 33.5 Å². The third kappa shape index (κ3) is 3.25. The zero-order chi connectivity index (χ0) is 12.3. The van der Waals surface area contributed by atoms with Crippen molar-refractivity contribution < 1.29 is 9.21 Å². The molecular weight excluding hydrogens is 238 g/mol. The minimum Gasteiger partial charge on any atom is -0.469 e. The predicted molar refractivity (Wildman–Crippen MR) is 67.0 cm³/mol. The van der Waals surface area contributed by atoms with E-state index in [0.29, 0.717) is 25.3 Å². The van der Waals surface area contributed by atoms with E-state index in [9.17, 15) is 4.79 Å². The summed E-state index contributed by atoms with van der Waals surface area (Å²) in [6, 6.07) is 3.74. The number of furan rings is 1. The molecule has 94 valence electrons. The van der Waals surface area contributed by atoms with Gasteiger partial charge in [0.25, 0.3) is 0 Å². The molecule has 2 atom stereocenters. The SMILES string of the molecule is CC1CCN(C(=O)CCc2ccco2)CC1Cl. The van der Waals surface area contributed by atoms with Gasteiger partial charge in [-0.25, -0.2) is 0 Å². The van der Waals surface area contributed by atoms with Gasteiger partial charge in [0, 0.05) is 25.9 Å². The average molecular weight is 256 g/mol. The standard InChI is InChI=1S/C13H18ClNO2/c1-10-6-7-15(9-12(10)14)13(16)5-4-11-3-2-8-17-11/h2-3,8,10,12H,4-7,9H2,1H3. The molecule has 0 bridgehead atoms. The third-order valence-electron chi connectivity index (χ3n) is 3.38. The Balaban J connectivity index is 1.80. The molecule has 1 aliphatic rings. The molecule has 1 saturated heterocycles. The molecule has 2 rings (SSSR count). The number of alkyl halides is 1. The molecule has 1 fully saturated rings. The van der Waals surface area contributed by atoms with E-state index in [1.165, 1.54) is 0 Å². The molecule has 2 heterocycles. The number of nitrogens with zero attached hydrogens (tertiary/aromatic N) is 1. The predicted octanol–water partition coefficient (Wildman–Crippen LogP) is 2.69.